The molecule has 5 nitrogen and oxygen atoms in total. The van der Waals surface area contributed by atoms with Crippen molar-refractivity contribution in [2.24, 2.45) is 11.8 Å². The minimum absolute atomic E-state index is 0.170. The van der Waals surface area contributed by atoms with Crippen molar-refractivity contribution in [1.82, 2.24) is 20.5 Å². The highest BCUT2D eigenvalue weighted by Gasteiger charge is 2.36. The van der Waals surface area contributed by atoms with Gasteiger partial charge in [0.2, 0.25) is 5.91 Å². The molecule has 0 radical (unpaired) electrons. The summed E-state index contributed by atoms with van der Waals surface area (Å²) in [6.45, 7) is 5.09. The maximum absolute atomic E-state index is 12.1. The fraction of sp³-hybridized carbons (Fsp3) is 0.545. The standard InChI is InChI=1S/C22H30N4OS/c27-22(25-13-20-5-3-9-28-20)7-1-6-21-19-10-18(12-24-21)15-26(16-19)14-17-4-2-8-23-11-17/h2-5,8-9,11,18-19,21,24H,1,6-7,10,12-16H2,(H,25,27)/t18-,19+,21+/m0/s1. The van der Waals surface area contributed by atoms with Gasteiger partial charge in [-0.3, -0.25) is 14.7 Å². The molecule has 0 unspecified atom stereocenters. The van der Waals surface area contributed by atoms with Crippen LogP contribution >= 0.6 is 11.3 Å². The zero-order valence-corrected chi connectivity index (χ0v) is 17.2. The van der Waals surface area contributed by atoms with Gasteiger partial charge < -0.3 is 10.6 Å². The molecule has 6 heteroatoms. The van der Waals surface area contributed by atoms with Crippen LogP contribution in [0.1, 0.15) is 36.1 Å². The average Bonchev–Trinajstić information content (AvgIpc) is 3.23. The molecule has 2 fully saturated rings. The van der Waals surface area contributed by atoms with E-state index in [-0.39, 0.29) is 5.91 Å². The van der Waals surface area contributed by atoms with Crippen LogP contribution in [-0.4, -0.2) is 41.5 Å². The van der Waals surface area contributed by atoms with E-state index in [1.807, 2.05) is 29.9 Å². The Hall–Kier alpha value is -1.76. The summed E-state index contributed by atoms with van der Waals surface area (Å²) in [7, 11) is 0. The second-order valence-corrected chi connectivity index (χ2v) is 9.21. The Morgan fingerprint density at radius 3 is 3.11 bits per heavy atom. The molecule has 28 heavy (non-hydrogen) atoms. The summed E-state index contributed by atoms with van der Waals surface area (Å²) < 4.78 is 0. The Bertz CT molecular complexity index is 736. The van der Waals surface area contributed by atoms with Gasteiger partial charge in [-0.15, -0.1) is 11.3 Å². The first-order valence-electron chi connectivity index (χ1n) is 10.4. The van der Waals surface area contributed by atoms with E-state index in [4.69, 9.17) is 0 Å². The number of nitrogens with zero attached hydrogens (tertiary/aromatic N) is 2. The number of piperidine rings is 2. The molecule has 4 heterocycles. The van der Waals surface area contributed by atoms with Crippen LogP contribution in [0.5, 0.6) is 0 Å². The fourth-order valence-corrected chi connectivity index (χ4v) is 5.30. The Kier molecular flexibility index (Phi) is 6.73. The Labute approximate surface area is 171 Å². The quantitative estimate of drug-likeness (QED) is 0.718. The van der Waals surface area contributed by atoms with Gasteiger partial charge >= 0.3 is 0 Å². The lowest BCUT2D eigenvalue weighted by Crippen LogP contribution is -2.55. The monoisotopic (exact) mass is 398 g/mol. The number of rotatable bonds is 8. The van der Waals surface area contributed by atoms with E-state index < -0.39 is 0 Å². The van der Waals surface area contributed by atoms with Gasteiger partial charge in [0.1, 0.15) is 0 Å². The second-order valence-electron chi connectivity index (χ2n) is 8.18. The number of thiophene rings is 1. The summed E-state index contributed by atoms with van der Waals surface area (Å²) in [5.41, 5.74) is 1.30. The Balaban J connectivity index is 1.20. The molecule has 2 aliphatic heterocycles. The van der Waals surface area contributed by atoms with E-state index in [0.29, 0.717) is 24.9 Å². The highest BCUT2D eigenvalue weighted by atomic mass is 32.1. The number of aromatic nitrogens is 1. The van der Waals surface area contributed by atoms with Crippen molar-refractivity contribution in [3.05, 3.63) is 52.5 Å². The van der Waals surface area contributed by atoms with E-state index in [2.05, 4.69) is 32.7 Å². The minimum Gasteiger partial charge on any atom is -0.351 e. The number of amides is 1. The van der Waals surface area contributed by atoms with Gasteiger partial charge in [-0.2, -0.15) is 0 Å². The number of hydrogen-bond acceptors (Lipinski definition) is 5. The van der Waals surface area contributed by atoms with Gasteiger partial charge in [-0.05, 0) is 60.7 Å². The highest BCUT2D eigenvalue weighted by molar-refractivity contribution is 7.09. The van der Waals surface area contributed by atoms with Crippen LogP contribution in [0.25, 0.3) is 0 Å². The number of pyridine rings is 1. The molecular weight excluding hydrogens is 368 g/mol. The van der Waals surface area contributed by atoms with Gasteiger partial charge in [-0.25, -0.2) is 0 Å². The summed E-state index contributed by atoms with van der Waals surface area (Å²) in [5, 5.41) is 8.85. The highest BCUT2D eigenvalue weighted by Crippen LogP contribution is 2.31. The first-order valence-corrected chi connectivity index (χ1v) is 11.3. The average molecular weight is 399 g/mol. The molecule has 0 aromatic carbocycles. The number of fused-ring (bicyclic) bond motifs is 2. The van der Waals surface area contributed by atoms with Gasteiger partial charge in [-0.1, -0.05) is 12.1 Å². The largest absolute Gasteiger partial charge is 0.351 e. The Morgan fingerprint density at radius 2 is 2.29 bits per heavy atom. The molecule has 2 N–H and O–H groups in total. The van der Waals surface area contributed by atoms with E-state index in [1.165, 1.54) is 23.4 Å². The third kappa shape index (κ3) is 5.40. The lowest BCUT2D eigenvalue weighted by Gasteiger charge is -2.46. The van der Waals surface area contributed by atoms with Crippen LogP contribution in [0.4, 0.5) is 0 Å². The van der Waals surface area contributed by atoms with Gasteiger partial charge in [0, 0.05) is 49.4 Å². The summed E-state index contributed by atoms with van der Waals surface area (Å²) in [6.07, 6.45) is 7.81. The third-order valence-corrected chi connectivity index (χ3v) is 6.85. The van der Waals surface area contributed by atoms with Crippen LogP contribution < -0.4 is 10.6 Å². The lowest BCUT2D eigenvalue weighted by molar-refractivity contribution is -0.121. The predicted molar refractivity (Wildman–Crippen MR) is 113 cm³/mol. The summed E-state index contributed by atoms with van der Waals surface area (Å²) in [5.74, 6) is 1.61. The second kappa shape index (κ2) is 9.63. The maximum Gasteiger partial charge on any atom is 0.220 e. The zero-order chi connectivity index (χ0) is 19.2. The van der Waals surface area contributed by atoms with E-state index in [9.17, 15) is 4.79 Å². The van der Waals surface area contributed by atoms with E-state index in [1.54, 1.807) is 11.3 Å². The molecule has 4 rings (SSSR count). The molecule has 0 saturated carbocycles. The van der Waals surface area contributed by atoms with Crippen LogP contribution in [0.2, 0.25) is 0 Å². The molecule has 150 valence electrons. The first kappa shape index (κ1) is 19.6. The summed E-state index contributed by atoms with van der Waals surface area (Å²) >= 11 is 1.69. The van der Waals surface area contributed by atoms with Gasteiger partial charge in [0.25, 0.3) is 0 Å². The summed E-state index contributed by atoms with van der Waals surface area (Å²) in [6, 6.07) is 8.82. The SMILES string of the molecule is O=C(CCC[C@H]1NC[C@@H]2C[C@@H]1CN(Cc1cccnc1)C2)NCc1cccs1. The van der Waals surface area contributed by atoms with Crippen LogP contribution in [0.3, 0.4) is 0 Å². The van der Waals surface area contributed by atoms with Crippen molar-refractivity contribution >= 4 is 17.2 Å². The molecule has 0 spiro atoms. The molecule has 2 aliphatic rings. The van der Waals surface area contributed by atoms with Crippen molar-refractivity contribution in [1.29, 1.82) is 0 Å². The van der Waals surface area contributed by atoms with Gasteiger partial charge in [0.15, 0.2) is 0 Å². The topological polar surface area (TPSA) is 57.3 Å². The molecule has 2 saturated heterocycles. The first-order chi connectivity index (χ1) is 13.8. The molecule has 2 aromatic heterocycles. The van der Waals surface area contributed by atoms with Gasteiger partial charge in [0.05, 0.1) is 6.54 Å². The van der Waals surface area contributed by atoms with E-state index >= 15 is 0 Å². The number of nitrogens with one attached hydrogen (secondary N) is 2. The molecule has 3 atom stereocenters. The predicted octanol–water partition coefficient (Wildman–Crippen LogP) is 3.04. The Morgan fingerprint density at radius 1 is 1.32 bits per heavy atom. The molecular formula is C22H30N4OS. The third-order valence-electron chi connectivity index (χ3n) is 5.97. The van der Waals surface area contributed by atoms with E-state index in [0.717, 1.165) is 38.4 Å². The van der Waals surface area contributed by atoms with Crippen molar-refractivity contribution < 1.29 is 4.79 Å². The molecule has 0 aliphatic carbocycles. The smallest absolute Gasteiger partial charge is 0.220 e. The number of hydrogen-bond donors (Lipinski definition) is 2. The summed E-state index contributed by atoms with van der Waals surface area (Å²) in [4.78, 5) is 20.2. The minimum atomic E-state index is 0.170. The number of carbonyl (C=O) groups excluding carboxylic acids is 1. The van der Waals surface area contributed by atoms with Crippen LogP contribution in [0.15, 0.2) is 42.0 Å². The van der Waals surface area contributed by atoms with Crippen molar-refractivity contribution in [2.45, 2.75) is 44.8 Å². The van der Waals surface area contributed by atoms with Crippen LogP contribution in [-0.2, 0) is 17.9 Å². The van der Waals surface area contributed by atoms with Crippen molar-refractivity contribution in [3.63, 3.8) is 0 Å². The molecule has 2 aromatic rings. The zero-order valence-electron chi connectivity index (χ0n) is 16.3. The molecule has 2 bridgehead atoms. The van der Waals surface area contributed by atoms with Crippen LogP contribution in [0, 0.1) is 11.8 Å². The fourth-order valence-electron chi connectivity index (χ4n) is 4.66. The lowest BCUT2D eigenvalue weighted by atomic mass is 9.79. The maximum atomic E-state index is 12.1. The van der Waals surface area contributed by atoms with Crippen molar-refractivity contribution in [3.8, 4) is 0 Å². The number of likely N-dealkylation sites (tertiary alicyclic amines) is 1. The van der Waals surface area contributed by atoms with Crippen molar-refractivity contribution in [2.75, 3.05) is 19.6 Å². The molecule has 1 amide bonds. The normalized spacial score (nSPS) is 24.8. The number of carbonyl (C=O) groups is 1.